The number of rotatable bonds is 4. The summed E-state index contributed by atoms with van der Waals surface area (Å²) in [6, 6.07) is 3.40. The minimum Gasteiger partial charge on any atom is -0.619 e. The summed E-state index contributed by atoms with van der Waals surface area (Å²) in [7, 11) is 0. The van der Waals surface area contributed by atoms with E-state index in [-0.39, 0.29) is 0 Å². The van der Waals surface area contributed by atoms with E-state index in [0.717, 1.165) is 0 Å². The molecular weight excluding hydrogens is 168 g/mol. The van der Waals surface area contributed by atoms with Crippen LogP contribution in [0.2, 0.25) is 0 Å². The lowest BCUT2D eigenvalue weighted by Crippen LogP contribution is -2.24. The Morgan fingerprint density at radius 1 is 1.69 bits per heavy atom. The second kappa shape index (κ2) is 4.92. The van der Waals surface area contributed by atoms with Crippen molar-refractivity contribution < 1.29 is 9.57 Å². The molecule has 1 heterocycles. The van der Waals surface area contributed by atoms with Crippen molar-refractivity contribution in [2.24, 2.45) is 5.16 Å². The highest BCUT2D eigenvalue weighted by molar-refractivity contribution is 5.77. The van der Waals surface area contributed by atoms with Crippen LogP contribution in [0.5, 0.6) is 0 Å². The average Bonchev–Trinajstić information content (AvgIpc) is 2.13. The highest BCUT2D eigenvalue weighted by Crippen LogP contribution is 1.89. The first-order chi connectivity index (χ1) is 6.33. The Morgan fingerprint density at radius 3 is 3.23 bits per heavy atom. The number of hydrogen-bond donors (Lipinski definition) is 0. The van der Waals surface area contributed by atoms with Gasteiger partial charge in [-0.05, 0) is 6.07 Å². The van der Waals surface area contributed by atoms with Gasteiger partial charge in [-0.1, -0.05) is 17.8 Å². The molecule has 0 aliphatic heterocycles. The first-order valence-corrected chi connectivity index (χ1v) is 3.78. The fourth-order valence-corrected chi connectivity index (χ4v) is 0.742. The molecule has 0 radical (unpaired) electrons. The predicted octanol–water partition coefficient (Wildman–Crippen LogP) is 0.856. The van der Waals surface area contributed by atoms with E-state index in [1.54, 1.807) is 18.2 Å². The highest BCUT2D eigenvalue weighted by atomic mass is 16.6. The smallest absolute Gasteiger partial charge is 0.189 e. The lowest BCUT2D eigenvalue weighted by atomic mass is 10.3. The molecule has 13 heavy (non-hydrogen) atoms. The Hall–Kier alpha value is -1.84. The molecule has 0 fully saturated rings. The van der Waals surface area contributed by atoms with Crippen molar-refractivity contribution >= 4 is 6.21 Å². The molecule has 0 N–H and O–H groups in total. The van der Waals surface area contributed by atoms with Crippen molar-refractivity contribution in [3.8, 4) is 0 Å². The van der Waals surface area contributed by atoms with Crippen molar-refractivity contribution in [2.45, 2.75) is 0 Å². The van der Waals surface area contributed by atoms with Crippen LogP contribution < -0.4 is 4.73 Å². The molecule has 1 rings (SSSR count). The zero-order chi connectivity index (χ0) is 9.52. The maximum atomic E-state index is 10.8. The van der Waals surface area contributed by atoms with Gasteiger partial charge in [0.2, 0.25) is 0 Å². The van der Waals surface area contributed by atoms with E-state index in [4.69, 9.17) is 4.84 Å². The van der Waals surface area contributed by atoms with Gasteiger partial charge in [0.15, 0.2) is 12.4 Å². The van der Waals surface area contributed by atoms with E-state index in [0.29, 0.717) is 16.9 Å². The number of pyridine rings is 1. The molecule has 0 aliphatic carbocycles. The third kappa shape index (κ3) is 3.37. The van der Waals surface area contributed by atoms with Crippen LogP contribution in [0.25, 0.3) is 0 Å². The standard InChI is InChI=1S/C9H10N2O2/c1-2-6-13-10-7-9-4-3-5-11(12)8-9/h2-5,7-8H,1,6H2/b10-7+. The number of nitrogens with zero attached hydrogens (tertiary/aromatic N) is 2. The van der Waals surface area contributed by atoms with Gasteiger partial charge in [-0.3, -0.25) is 0 Å². The monoisotopic (exact) mass is 178 g/mol. The number of aromatic nitrogens is 1. The normalized spacial score (nSPS) is 10.2. The topological polar surface area (TPSA) is 48.5 Å². The van der Waals surface area contributed by atoms with Crippen LogP contribution in [0, 0.1) is 5.21 Å². The molecule has 0 atom stereocenters. The molecule has 0 aliphatic rings. The van der Waals surface area contributed by atoms with Gasteiger partial charge in [-0.25, -0.2) is 0 Å². The van der Waals surface area contributed by atoms with Gasteiger partial charge in [-0.15, -0.1) is 0 Å². The Balaban J connectivity index is 2.53. The molecule has 1 aromatic rings. The first kappa shape index (κ1) is 9.25. The summed E-state index contributed by atoms with van der Waals surface area (Å²) in [5, 5.41) is 14.4. The summed E-state index contributed by atoms with van der Waals surface area (Å²) in [5.41, 5.74) is 0.696. The zero-order valence-corrected chi connectivity index (χ0v) is 7.09. The van der Waals surface area contributed by atoms with Crippen LogP contribution in [0.1, 0.15) is 5.56 Å². The van der Waals surface area contributed by atoms with E-state index in [2.05, 4.69) is 11.7 Å². The van der Waals surface area contributed by atoms with Gasteiger partial charge in [0.25, 0.3) is 0 Å². The number of oxime groups is 1. The second-order valence-electron chi connectivity index (χ2n) is 2.32. The van der Waals surface area contributed by atoms with E-state index in [1.807, 2.05) is 0 Å². The minimum absolute atomic E-state index is 0.362. The maximum absolute atomic E-state index is 10.8. The second-order valence-corrected chi connectivity index (χ2v) is 2.32. The maximum Gasteiger partial charge on any atom is 0.189 e. The van der Waals surface area contributed by atoms with Crippen LogP contribution in [0.15, 0.2) is 42.3 Å². The molecule has 0 aromatic carbocycles. The lowest BCUT2D eigenvalue weighted by molar-refractivity contribution is -0.605. The van der Waals surface area contributed by atoms with Crippen LogP contribution in [-0.4, -0.2) is 12.8 Å². The van der Waals surface area contributed by atoms with E-state index >= 15 is 0 Å². The molecule has 4 heteroatoms. The molecule has 68 valence electrons. The van der Waals surface area contributed by atoms with Crippen LogP contribution in [0.3, 0.4) is 0 Å². The largest absolute Gasteiger partial charge is 0.619 e. The molecular formula is C9H10N2O2. The summed E-state index contributed by atoms with van der Waals surface area (Å²) < 4.78 is 0.703. The van der Waals surface area contributed by atoms with Crippen LogP contribution in [-0.2, 0) is 4.84 Å². The third-order valence-corrected chi connectivity index (χ3v) is 1.27. The minimum atomic E-state index is 0.362. The van der Waals surface area contributed by atoms with Crippen LogP contribution in [0.4, 0.5) is 0 Å². The Morgan fingerprint density at radius 2 is 2.54 bits per heavy atom. The Kier molecular flexibility index (Phi) is 3.50. The molecule has 0 spiro atoms. The molecule has 0 saturated heterocycles. The average molecular weight is 178 g/mol. The quantitative estimate of drug-likeness (QED) is 0.171. The molecule has 0 amide bonds. The molecule has 1 aromatic heterocycles. The van der Waals surface area contributed by atoms with E-state index in [9.17, 15) is 5.21 Å². The van der Waals surface area contributed by atoms with E-state index in [1.165, 1.54) is 18.6 Å². The van der Waals surface area contributed by atoms with Crippen molar-refractivity contribution in [1.29, 1.82) is 0 Å². The fraction of sp³-hybridized carbons (Fsp3) is 0.111. The summed E-state index contributed by atoms with van der Waals surface area (Å²) in [6.07, 6.45) is 5.87. The zero-order valence-electron chi connectivity index (χ0n) is 7.09. The summed E-state index contributed by atoms with van der Waals surface area (Å²) in [6.45, 7) is 3.83. The Bertz CT molecular complexity index is 310. The van der Waals surface area contributed by atoms with Gasteiger partial charge in [0, 0.05) is 6.07 Å². The van der Waals surface area contributed by atoms with E-state index < -0.39 is 0 Å². The predicted molar refractivity (Wildman–Crippen MR) is 49.1 cm³/mol. The molecule has 0 unspecified atom stereocenters. The van der Waals surface area contributed by atoms with Crippen molar-refractivity contribution in [3.05, 3.63) is 48.0 Å². The summed E-state index contributed by atoms with van der Waals surface area (Å²) >= 11 is 0. The highest BCUT2D eigenvalue weighted by Gasteiger charge is 1.91. The summed E-state index contributed by atoms with van der Waals surface area (Å²) in [5.74, 6) is 0. The van der Waals surface area contributed by atoms with Gasteiger partial charge in [0.05, 0.1) is 11.8 Å². The molecule has 4 nitrogen and oxygen atoms in total. The van der Waals surface area contributed by atoms with Gasteiger partial charge >= 0.3 is 0 Å². The lowest BCUT2D eigenvalue weighted by Gasteiger charge is -1.95. The fourth-order valence-electron chi connectivity index (χ4n) is 0.742. The van der Waals surface area contributed by atoms with Crippen LogP contribution >= 0.6 is 0 Å². The third-order valence-electron chi connectivity index (χ3n) is 1.27. The summed E-state index contributed by atoms with van der Waals surface area (Å²) in [4.78, 5) is 4.77. The molecule has 0 saturated carbocycles. The first-order valence-electron chi connectivity index (χ1n) is 3.78. The van der Waals surface area contributed by atoms with Crippen molar-refractivity contribution in [2.75, 3.05) is 6.61 Å². The van der Waals surface area contributed by atoms with Crippen molar-refractivity contribution in [1.82, 2.24) is 0 Å². The van der Waals surface area contributed by atoms with Gasteiger partial charge in [0.1, 0.15) is 6.61 Å². The van der Waals surface area contributed by atoms with Gasteiger partial charge < -0.3 is 10.0 Å². The number of hydrogen-bond acceptors (Lipinski definition) is 3. The molecule has 0 bridgehead atoms. The SMILES string of the molecule is C=CCO/N=C/c1ccc[n+]([O-])c1. The van der Waals surface area contributed by atoms with Gasteiger partial charge in [-0.2, -0.15) is 4.73 Å². The van der Waals surface area contributed by atoms with Crippen molar-refractivity contribution in [3.63, 3.8) is 0 Å². The Labute approximate surface area is 76.3 Å².